The molecule has 1 aromatic heterocycles. The normalized spacial score (nSPS) is 11.3. The number of aromatic amines is 1. The molecular weight excluding hydrogens is 385 g/mol. The van der Waals surface area contributed by atoms with E-state index in [1.165, 1.54) is 19.2 Å². The van der Waals surface area contributed by atoms with E-state index in [1.54, 1.807) is 30.3 Å². The zero-order chi connectivity index (χ0) is 18.0. The molecule has 3 rings (SSSR count). The Labute approximate surface area is 179 Å². The van der Waals surface area contributed by atoms with E-state index in [-0.39, 0.29) is 40.1 Å². The minimum absolute atomic E-state index is 0. The second-order valence-electron chi connectivity index (χ2n) is 5.04. The first-order chi connectivity index (χ1) is 12.0. The fourth-order valence-electron chi connectivity index (χ4n) is 2.46. The van der Waals surface area contributed by atoms with Crippen molar-refractivity contribution in [3.63, 3.8) is 0 Å². The average molecular weight is 396 g/mol. The Kier molecular flexibility index (Phi) is 7.01. The van der Waals surface area contributed by atoms with Gasteiger partial charge in [-0.25, -0.2) is 0 Å². The first-order valence-corrected chi connectivity index (χ1v) is 8.52. The maximum Gasteiger partial charge on any atom is 1.00 e. The molecule has 6 nitrogen and oxygen atoms in total. The molecule has 0 aliphatic carbocycles. The van der Waals surface area contributed by atoms with E-state index in [1.807, 2.05) is 0 Å². The van der Waals surface area contributed by atoms with Gasteiger partial charge in [0, 0.05) is 16.0 Å². The Morgan fingerprint density at radius 2 is 1.88 bits per heavy atom. The van der Waals surface area contributed by atoms with Crippen molar-refractivity contribution < 1.29 is 43.1 Å². The van der Waals surface area contributed by atoms with Gasteiger partial charge in [0.05, 0.1) is 17.8 Å². The molecule has 1 heterocycles. The third-order valence-electron chi connectivity index (χ3n) is 3.65. The second kappa shape index (κ2) is 8.82. The van der Waals surface area contributed by atoms with Gasteiger partial charge < -0.3 is 9.29 Å². The van der Waals surface area contributed by atoms with Gasteiger partial charge in [0.25, 0.3) is 0 Å². The molecule has 0 saturated heterocycles. The summed E-state index contributed by atoms with van der Waals surface area (Å²) in [6, 6.07) is 13.5. The van der Waals surface area contributed by atoms with E-state index in [4.69, 9.17) is 16.3 Å². The maximum atomic E-state index is 11.0. The molecule has 3 aromatic rings. The fraction of sp³-hybridized carbons (Fsp3) is 0.0588. The third kappa shape index (κ3) is 4.01. The van der Waals surface area contributed by atoms with Crippen molar-refractivity contribution in [2.75, 3.05) is 7.11 Å². The number of nitrogens with zero attached hydrogens (tertiary/aromatic N) is 2. The van der Waals surface area contributed by atoms with Crippen molar-refractivity contribution in [1.82, 2.24) is 10.2 Å². The number of ether oxygens (including phenoxy) is 1. The Bertz CT molecular complexity index is 999. The number of benzene rings is 2. The number of nitrogens with one attached hydrogen (secondary N) is 1. The molecule has 1 N–H and O–H groups in total. The van der Waals surface area contributed by atoms with Gasteiger partial charge >= 0.3 is 29.6 Å². The molecule has 1 unspecified atom stereocenters. The van der Waals surface area contributed by atoms with Gasteiger partial charge in [-0.05, 0) is 40.9 Å². The molecule has 0 amide bonds. The van der Waals surface area contributed by atoms with Gasteiger partial charge in [0.2, 0.25) is 0 Å². The molecule has 0 saturated carbocycles. The molecule has 0 spiro atoms. The number of halogens is 1. The van der Waals surface area contributed by atoms with Gasteiger partial charge in [0.1, 0.15) is 11.8 Å². The van der Waals surface area contributed by atoms with Crippen LogP contribution in [0.15, 0.2) is 47.4 Å². The van der Waals surface area contributed by atoms with Crippen LogP contribution in [0.3, 0.4) is 0 Å². The van der Waals surface area contributed by atoms with E-state index < -0.39 is 11.1 Å². The van der Waals surface area contributed by atoms with Crippen LogP contribution in [0.1, 0.15) is 5.69 Å². The summed E-state index contributed by atoms with van der Waals surface area (Å²) in [7, 11) is 1.51. The Hall–Kier alpha value is -1.66. The smallest absolute Gasteiger partial charge is 0.768 e. The Morgan fingerprint density at radius 1 is 1.23 bits per heavy atom. The number of rotatable bonds is 4. The maximum absolute atomic E-state index is 11.0. The summed E-state index contributed by atoms with van der Waals surface area (Å²) in [6.45, 7) is 0. The summed E-state index contributed by atoms with van der Waals surface area (Å²) in [5.74, 6) is 0.479. The molecule has 1 atom stereocenters. The van der Waals surface area contributed by atoms with Crippen molar-refractivity contribution in [3.8, 4) is 34.2 Å². The van der Waals surface area contributed by atoms with Crippen LogP contribution in [0.25, 0.3) is 22.4 Å². The molecule has 0 bridgehead atoms. The zero-order valence-corrected chi connectivity index (χ0v) is 17.5. The molecule has 26 heavy (non-hydrogen) atoms. The van der Waals surface area contributed by atoms with Crippen LogP contribution in [-0.4, -0.2) is 26.1 Å². The molecule has 0 aliphatic rings. The summed E-state index contributed by atoms with van der Waals surface area (Å²) in [6.07, 6.45) is 0. The molecular formula is C17H11ClN3NaO3S. The monoisotopic (exact) mass is 395 g/mol. The zero-order valence-electron chi connectivity index (χ0n) is 13.9. The molecule has 0 radical (unpaired) electrons. The van der Waals surface area contributed by atoms with Crippen molar-refractivity contribution >= 4 is 22.7 Å². The van der Waals surface area contributed by atoms with Crippen molar-refractivity contribution in [2.45, 2.75) is 4.90 Å². The van der Waals surface area contributed by atoms with Gasteiger partial charge in [-0.3, -0.25) is 9.31 Å². The number of methoxy groups -OCH3 is 1. The van der Waals surface area contributed by atoms with Crippen LogP contribution in [0, 0.1) is 11.3 Å². The van der Waals surface area contributed by atoms with E-state index in [0.717, 1.165) is 0 Å². The largest absolute Gasteiger partial charge is 1.00 e. The summed E-state index contributed by atoms with van der Waals surface area (Å²) >= 11 is 3.77. The third-order valence-corrected chi connectivity index (χ3v) is 4.62. The van der Waals surface area contributed by atoms with Crippen LogP contribution in [0.2, 0.25) is 5.02 Å². The topological polar surface area (TPSA) is 102 Å². The van der Waals surface area contributed by atoms with E-state index >= 15 is 0 Å². The van der Waals surface area contributed by atoms with Gasteiger partial charge in [-0.15, -0.1) is 0 Å². The van der Waals surface area contributed by atoms with Crippen LogP contribution in [-0.2, 0) is 11.1 Å². The molecule has 9 heteroatoms. The first-order valence-electron chi connectivity index (χ1n) is 7.07. The number of hydrogen-bond donors (Lipinski definition) is 1. The van der Waals surface area contributed by atoms with E-state index in [9.17, 15) is 14.0 Å². The van der Waals surface area contributed by atoms with Crippen LogP contribution < -0.4 is 34.3 Å². The van der Waals surface area contributed by atoms with Crippen LogP contribution in [0.4, 0.5) is 0 Å². The minimum atomic E-state index is -2.30. The number of aromatic nitrogens is 2. The van der Waals surface area contributed by atoms with Gasteiger partial charge in [0.15, 0.2) is 5.69 Å². The molecule has 126 valence electrons. The predicted molar refractivity (Wildman–Crippen MR) is 92.9 cm³/mol. The van der Waals surface area contributed by atoms with Crippen molar-refractivity contribution in [2.24, 2.45) is 0 Å². The average Bonchev–Trinajstić information content (AvgIpc) is 3.06. The van der Waals surface area contributed by atoms with Gasteiger partial charge in [-0.1, -0.05) is 29.8 Å². The number of hydrogen-bond acceptors (Lipinski definition) is 5. The van der Waals surface area contributed by atoms with Crippen molar-refractivity contribution in [1.29, 1.82) is 5.26 Å². The minimum Gasteiger partial charge on any atom is -0.768 e. The van der Waals surface area contributed by atoms with E-state index in [0.29, 0.717) is 33.2 Å². The SMILES string of the molecule is COc1cc(-c2c(C#N)n[nH]c2-c2ccc(S(=O)[O-])cc2)ccc1Cl.[Na+]. The summed E-state index contributed by atoms with van der Waals surface area (Å²) < 4.78 is 27.2. The van der Waals surface area contributed by atoms with Gasteiger partial charge in [-0.2, -0.15) is 10.4 Å². The van der Waals surface area contributed by atoms with Crippen LogP contribution >= 0.6 is 11.6 Å². The standard InChI is InChI=1S/C17H12ClN3O3S.Na/c1-24-15-8-11(4-7-13(15)18)16-14(9-19)20-21-17(16)10-2-5-12(6-3-10)25(22)23;/h2-8H,1H3,(H,20,21)(H,22,23);/q;+1/p-1. The van der Waals surface area contributed by atoms with Crippen LogP contribution in [0.5, 0.6) is 5.75 Å². The molecule has 2 aromatic carbocycles. The summed E-state index contributed by atoms with van der Waals surface area (Å²) in [5, 5.41) is 16.7. The van der Waals surface area contributed by atoms with E-state index in [2.05, 4.69) is 16.3 Å². The number of H-pyrrole nitrogens is 1. The first kappa shape index (κ1) is 20.6. The van der Waals surface area contributed by atoms with Crippen molar-refractivity contribution in [3.05, 3.63) is 53.2 Å². The quantitative estimate of drug-likeness (QED) is 0.512. The predicted octanol–water partition coefficient (Wildman–Crippen LogP) is 0.519. The summed E-state index contributed by atoms with van der Waals surface area (Å²) in [4.78, 5) is 0.179. The fourth-order valence-corrected chi connectivity index (χ4v) is 3.01. The molecule has 0 fully saturated rings. The second-order valence-corrected chi connectivity index (χ2v) is 6.39. The molecule has 0 aliphatic heterocycles. The number of nitriles is 1. The Morgan fingerprint density at radius 3 is 2.46 bits per heavy atom. The summed E-state index contributed by atoms with van der Waals surface area (Å²) in [5.41, 5.74) is 2.82. The Balaban J connectivity index is 0.00000243.